The predicted octanol–water partition coefficient (Wildman–Crippen LogP) is 0.696. The first-order chi connectivity index (χ1) is 10.9. The molecule has 0 bridgehead atoms. The minimum absolute atomic E-state index is 0.148. The van der Waals surface area contributed by atoms with Gasteiger partial charge in [-0.05, 0) is 18.1 Å². The summed E-state index contributed by atoms with van der Waals surface area (Å²) in [6, 6.07) is 8.19. The molecule has 0 unspecified atom stereocenters. The standard InChI is InChI=1S/C11H14N4.C4H4O4/c12-11(13)14-6-5-8-7-15-10-4-2-1-3-9(8)10;5-3(6)1-2-4(7)8/h1-4,7,15H,5-6H2,(H4,12,13,14);1-2H,(H,5,6)(H,7,8)/b;2-1-. The van der Waals surface area contributed by atoms with E-state index in [0.29, 0.717) is 18.7 Å². The molecule has 0 amide bonds. The first-order valence-electron chi connectivity index (χ1n) is 6.64. The summed E-state index contributed by atoms with van der Waals surface area (Å²) in [4.78, 5) is 26.3. The summed E-state index contributed by atoms with van der Waals surface area (Å²) < 4.78 is 0. The summed E-state index contributed by atoms with van der Waals surface area (Å²) in [5.41, 5.74) is 12.9. The van der Waals surface area contributed by atoms with Gasteiger partial charge < -0.3 is 26.7 Å². The van der Waals surface area contributed by atoms with E-state index in [1.807, 2.05) is 18.3 Å². The number of hydrogen-bond donors (Lipinski definition) is 5. The maximum atomic E-state index is 9.55. The number of para-hydroxylation sites is 1. The second-order valence-electron chi connectivity index (χ2n) is 4.43. The molecule has 2 rings (SSSR count). The summed E-state index contributed by atoms with van der Waals surface area (Å²) in [6.45, 7) is 0.629. The molecule has 0 aliphatic rings. The molecule has 2 aromatic rings. The van der Waals surface area contributed by atoms with E-state index in [1.54, 1.807) is 0 Å². The normalized spacial score (nSPS) is 10.1. The van der Waals surface area contributed by atoms with Crippen molar-refractivity contribution in [3.05, 3.63) is 48.2 Å². The number of aliphatic imine (C=N–C) groups is 1. The average molecular weight is 318 g/mol. The molecule has 8 nitrogen and oxygen atoms in total. The Bertz CT molecular complexity index is 714. The summed E-state index contributed by atoms with van der Waals surface area (Å²) >= 11 is 0. The van der Waals surface area contributed by atoms with E-state index >= 15 is 0 Å². The first-order valence-corrected chi connectivity index (χ1v) is 6.64. The van der Waals surface area contributed by atoms with Crippen LogP contribution in [0.25, 0.3) is 10.9 Å². The fourth-order valence-corrected chi connectivity index (χ4v) is 1.79. The van der Waals surface area contributed by atoms with E-state index < -0.39 is 11.9 Å². The fraction of sp³-hybridized carbons (Fsp3) is 0.133. The average Bonchev–Trinajstić information content (AvgIpc) is 2.89. The molecule has 0 fully saturated rings. The highest BCUT2D eigenvalue weighted by molar-refractivity contribution is 5.89. The van der Waals surface area contributed by atoms with Gasteiger partial charge in [0.2, 0.25) is 0 Å². The lowest BCUT2D eigenvalue weighted by atomic mass is 10.1. The van der Waals surface area contributed by atoms with Gasteiger partial charge in [0.1, 0.15) is 0 Å². The van der Waals surface area contributed by atoms with Crippen LogP contribution in [0.1, 0.15) is 5.56 Å². The lowest BCUT2D eigenvalue weighted by Crippen LogP contribution is -2.23. The first kappa shape index (κ1) is 17.8. The molecular weight excluding hydrogens is 300 g/mol. The van der Waals surface area contributed by atoms with Crippen molar-refractivity contribution in [3.63, 3.8) is 0 Å². The zero-order valence-corrected chi connectivity index (χ0v) is 12.3. The Morgan fingerprint density at radius 3 is 2.30 bits per heavy atom. The van der Waals surface area contributed by atoms with Crippen LogP contribution >= 0.6 is 0 Å². The van der Waals surface area contributed by atoms with Crippen molar-refractivity contribution in [1.82, 2.24) is 4.98 Å². The number of rotatable bonds is 5. The van der Waals surface area contributed by atoms with Gasteiger partial charge in [-0.2, -0.15) is 0 Å². The Labute approximate surface area is 132 Å². The van der Waals surface area contributed by atoms with Crippen molar-refractivity contribution >= 4 is 28.8 Å². The Balaban J connectivity index is 0.000000284. The van der Waals surface area contributed by atoms with Crippen LogP contribution in [0.3, 0.4) is 0 Å². The van der Waals surface area contributed by atoms with Gasteiger partial charge in [0.25, 0.3) is 0 Å². The van der Waals surface area contributed by atoms with Crippen LogP contribution in [0.5, 0.6) is 0 Å². The molecular formula is C15H18N4O4. The Morgan fingerprint density at radius 1 is 1.13 bits per heavy atom. The Morgan fingerprint density at radius 2 is 1.74 bits per heavy atom. The molecule has 0 atom stereocenters. The number of benzene rings is 1. The number of carboxylic acids is 2. The van der Waals surface area contributed by atoms with Crippen molar-refractivity contribution in [1.29, 1.82) is 0 Å². The van der Waals surface area contributed by atoms with E-state index in [2.05, 4.69) is 22.1 Å². The second kappa shape index (κ2) is 8.88. The van der Waals surface area contributed by atoms with Crippen LogP contribution in [0.2, 0.25) is 0 Å². The molecule has 1 aromatic heterocycles. The molecule has 0 spiro atoms. The number of guanidine groups is 1. The second-order valence-corrected chi connectivity index (χ2v) is 4.43. The third kappa shape index (κ3) is 6.80. The highest BCUT2D eigenvalue weighted by Gasteiger charge is 2.01. The van der Waals surface area contributed by atoms with E-state index in [4.69, 9.17) is 21.7 Å². The molecule has 23 heavy (non-hydrogen) atoms. The fourth-order valence-electron chi connectivity index (χ4n) is 1.79. The van der Waals surface area contributed by atoms with Crippen LogP contribution in [-0.2, 0) is 16.0 Å². The van der Waals surface area contributed by atoms with Crippen LogP contribution in [0.4, 0.5) is 0 Å². The Hall–Kier alpha value is -3.29. The van der Waals surface area contributed by atoms with E-state index in [1.165, 1.54) is 10.9 Å². The van der Waals surface area contributed by atoms with E-state index in [9.17, 15) is 9.59 Å². The maximum Gasteiger partial charge on any atom is 0.328 e. The smallest absolute Gasteiger partial charge is 0.328 e. The van der Waals surface area contributed by atoms with Crippen LogP contribution in [0.15, 0.2) is 47.6 Å². The van der Waals surface area contributed by atoms with Crippen molar-refractivity contribution in [3.8, 4) is 0 Å². The zero-order chi connectivity index (χ0) is 17.2. The highest BCUT2D eigenvalue weighted by Crippen LogP contribution is 2.17. The number of H-pyrrole nitrogens is 1. The lowest BCUT2D eigenvalue weighted by molar-refractivity contribution is -0.134. The van der Waals surface area contributed by atoms with Gasteiger partial charge in [-0.25, -0.2) is 9.59 Å². The number of fused-ring (bicyclic) bond motifs is 1. The van der Waals surface area contributed by atoms with E-state index in [0.717, 1.165) is 11.9 Å². The number of aromatic nitrogens is 1. The largest absolute Gasteiger partial charge is 0.478 e. The molecule has 1 aromatic carbocycles. The highest BCUT2D eigenvalue weighted by atomic mass is 16.4. The third-order valence-corrected chi connectivity index (χ3v) is 2.72. The number of carbonyl (C=O) groups is 2. The molecule has 1 heterocycles. The van der Waals surface area contributed by atoms with Gasteiger partial charge in [0, 0.05) is 35.8 Å². The van der Waals surface area contributed by atoms with Crippen molar-refractivity contribution in [2.75, 3.05) is 6.54 Å². The summed E-state index contributed by atoms with van der Waals surface area (Å²) in [5.74, 6) is -2.37. The molecule has 8 heteroatoms. The lowest BCUT2D eigenvalue weighted by Gasteiger charge is -1.96. The van der Waals surface area contributed by atoms with Crippen molar-refractivity contribution in [2.24, 2.45) is 16.5 Å². The minimum atomic E-state index is -1.26. The number of carboxylic acid groups (broad SMARTS) is 2. The van der Waals surface area contributed by atoms with Crippen molar-refractivity contribution < 1.29 is 19.8 Å². The maximum absolute atomic E-state index is 9.55. The van der Waals surface area contributed by atoms with Gasteiger partial charge in [-0.1, -0.05) is 18.2 Å². The number of nitrogens with two attached hydrogens (primary N) is 2. The summed E-state index contributed by atoms with van der Waals surface area (Å²) in [6.07, 6.45) is 3.97. The third-order valence-electron chi connectivity index (χ3n) is 2.72. The number of aliphatic carboxylic acids is 2. The SMILES string of the molecule is NC(N)=NCCc1c[nH]c2ccccc12.O=C(O)/C=C\C(=O)O. The van der Waals surface area contributed by atoms with Gasteiger partial charge in [0.05, 0.1) is 0 Å². The van der Waals surface area contributed by atoms with Gasteiger partial charge in [0.15, 0.2) is 5.96 Å². The van der Waals surface area contributed by atoms with Crippen molar-refractivity contribution in [2.45, 2.75) is 6.42 Å². The van der Waals surface area contributed by atoms with E-state index in [-0.39, 0.29) is 5.96 Å². The van der Waals surface area contributed by atoms with Crippen LogP contribution < -0.4 is 11.5 Å². The molecule has 7 N–H and O–H groups in total. The molecule has 0 saturated carbocycles. The monoisotopic (exact) mass is 318 g/mol. The summed E-state index contributed by atoms with van der Waals surface area (Å²) in [5, 5.41) is 16.9. The number of nitrogens with one attached hydrogen (secondary N) is 1. The van der Waals surface area contributed by atoms with Gasteiger partial charge >= 0.3 is 11.9 Å². The summed E-state index contributed by atoms with van der Waals surface area (Å²) in [7, 11) is 0. The molecule has 122 valence electrons. The molecule has 0 aliphatic carbocycles. The van der Waals surface area contributed by atoms with Gasteiger partial charge in [-0.15, -0.1) is 0 Å². The molecule has 0 radical (unpaired) electrons. The van der Waals surface area contributed by atoms with Crippen LogP contribution in [0, 0.1) is 0 Å². The quantitative estimate of drug-likeness (QED) is 0.310. The molecule has 0 aliphatic heterocycles. The molecule has 0 saturated heterocycles. The van der Waals surface area contributed by atoms with Gasteiger partial charge in [-0.3, -0.25) is 4.99 Å². The van der Waals surface area contributed by atoms with Crippen LogP contribution in [-0.4, -0.2) is 39.6 Å². The number of aromatic amines is 1. The minimum Gasteiger partial charge on any atom is -0.478 e. The Kier molecular flexibility index (Phi) is 6.86. The topological polar surface area (TPSA) is 155 Å². The number of hydrogen-bond acceptors (Lipinski definition) is 3. The zero-order valence-electron chi connectivity index (χ0n) is 12.3. The number of nitrogens with zero attached hydrogens (tertiary/aromatic N) is 1. The predicted molar refractivity (Wildman–Crippen MR) is 87.1 cm³/mol.